The van der Waals surface area contributed by atoms with E-state index in [9.17, 15) is 0 Å². The van der Waals surface area contributed by atoms with Gasteiger partial charge in [-0.15, -0.1) is 11.3 Å². The summed E-state index contributed by atoms with van der Waals surface area (Å²) in [6.45, 7) is 11.4. The van der Waals surface area contributed by atoms with Crippen molar-refractivity contribution < 1.29 is 9.47 Å². The van der Waals surface area contributed by atoms with Crippen LogP contribution >= 0.6 is 11.3 Å². The number of ether oxygens (including phenoxy) is 2. The molecule has 1 aliphatic heterocycles. The van der Waals surface area contributed by atoms with Gasteiger partial charge in [0.15, 0.2) is 5.96 Å². The van der Waals surface area contributed by atoms with Crippen LogP contribution in [-0.2, 0) is 21.4 Å². The van der Waals surface area contributed by atoms with Crippen LogP contribution in [0, 0.1) is 5.92 Å². The predicted molar refractivity (Wildman–Crippen MR) is 103 cm³/mol. The number of aliphatic imine (C=N–C) groups is 1. The van der Waals surface area contributed by atoms with E-state index in [2.05, 4.69) is 41.4 Å². The molecule has 1 fully saturated rings. The van der Waals surface area contributed by atoms with Crippen molar-refractivity contribution in [1.29, 1.82) is 0 Å². The number of thiazole rings is 1. The molecule has 2 heterocycles. The molecule has 1 aliphatic rings. The van der Waals surface area contributed by atoms with Crippen molar-refractivity contribution in [3.8, 4) is 0 Å². The minimum absolute atomic E-state index is 0.0986. The molecule has 0 amide bonds. The predicted octanol–water partition coefficient (Wildman–Crippen LogP) is 2.50. The average Bonchev–Trinajstić information content (AvgIpc) is 3.21. The number of guanidine groups is 1. The van der Waals surface area contributed by atoms with Crippen LogP contribution in [0.2, 0.25) is 0 Å². The number of aromatic nitrogens is 1. The topological polar surface area (TPSA) is 59.0 Å². The van der Waals surface area contributed by atoms with Gasteiger partial charge in [0.05, 0.1) is 32.1 Å². The smallest absolute Gasteiger partial charge is 0.194 e. The van der Waals surface area contributed by atoms with Gasteiger partial charge in [0, 0.05) is 44.0 Å². The third kappa shape index (κ3) is 6.24. The molecule has 1 N–H and O–H groups in total. The minimum atomic E-state index is 0.0986. The lowest BCUT2D eigenvalue weighted by molar-refractivity contribution is 0.0536. The summed E-state index contributed by atoms with van der Waals surface area (Å²) in [5.41, 5.74) is 1.25. The Balaban J connectivity index is 1.78. The standard InChI is InChI=1S/C18H32N4O2S/c1-18(2,3)15-13-25-16(21-15)10-20-17(19-4)22-7-6-14(11-22)12-24-9-8-23-5/h13-14H,6-12H2,1-5H3,(H,19,20). The molecule has 0 radical (unpaired) electrons. The summed E-state index contributed by atoms with van der Waals surface area (Å²) in [6.07, 6.45) is 1.14. The third-order valence-electron chi connectivity index (χ3n) is 4.30. The van der Waals surface area contributed by atoms with Gasteiger partial charge >= 0.3 is 0 Å². The molecule has 25 heavy (non-hydrogen) atoms. The molecule has 142 valence electrons. The van der Waals surface area contributed by atoms with E-state index in [0.717, 1.165) is 49.3 Å². The maximum Gasteiger partial charge on any atom is 0.194 e. The maximum absolute atomic E-state index is 5.66. The molecule has 0 saturated carbocycles. The highest BCUT2D eigenvalue weighted by molar-refractivity contribution is 7.09. The molecule has 0 spiro atoms. The highest BCUT2D eigenvalue weighted by Gasteiger charge is 2.25. The number of hydrogen-bond acceptors (Lipinski definition) is 5. The fourth-order valence-electron chi connectivity index (χ4n) is 2.78. The van der Waals surface area contributed by atoms with Crippen LogP contribution in [0.15, 0.2) is 10.4 Å². The maximum atomic E-state index is 5.66. The van der Waals surface area contributed by atoms with E-state index in [0.29, 0.717) is 19.1 Å². The van der Waals surface area contributed by atoms with E-state index in [-0.39, 0.29) is 5.41 Å². The normalized spacial score (nSPS) is 18.8. The van der Waals surface area contributed by atoms with E-state index in [4.69, 9.17) is 14.5 Å². The number of methoxy groups -OCH3 is 1. The van der Waals surface area contributed by atoms with E-state index in [1.165, 1.54) is 0 Å². The van der Waals surface area contributed by atoms with Crippen LogP contribution in [0.25, 0.3) is 0 Å². The summed E-state index contributed by atoms with van der Waals surface area (Å²) >= 11 is 1.71. The fraction of sp³-hybridized carbons (Fsp3) is 0.778. The molecular formula is C18H32N4O2S. The number of nitrogens with zero attached hydrogens (tertiary/aromatic N) is 3. The molecule has 6 nitrogen and oxygen atoms in total. The highest BCUT2D eigenvalue weighted by atomic mass is 32.1. The Morgan fingerprint density at radius 2 is 2.24 bits per heavy atom. The van der Waals surface area contributed by atoms with Crippen LogP contribution in [-0.4, -0.2) is 62.9 Å². The molecular weight excluding hydrogens is 336 g/mol. The number of rotatable bonds is 7. The van der Waals surface area contributed by atoms with E-state index >= 15 is 0 Å². The van der Waals surface area contributed by atoms with E-state index in [1.54, 1.807) is 18.4 Å². The zero-order chi connectivity index (χ0) is 18.3. The Hall–Kier alpha value is -1.18. The fourth-order valence-corrected chi connectivity index (χ4v) is 3.74. The van der Waals surface area contributed by atoms with Crippen LogP contribution < -0.4 is 5.32 Å². The average molecular weight is 369 g/mol. The summed E-state index contributed by atoms with van der Waals surface area (Å²) in [6, 6.07) is 0. The Kier molecular flexibility index (Phi) is 7.65. The monoisotopic (exact) mass is 368 g/mol. The molecule has 1 aromatic rings. The first-order valence-corrected chi connectivity index (χ1v) is 9.79. The van der Waals surface area contributed by atoms with Gasteiger partial charge in [-0.1, -0.05) is 20.8 Å². The second-order valence-corrected chi connectivity index (χ2v) is 8.39. The molecule has 1 saturated heterocycles. The molecule has 1 atom stereocenters. The van der Waals surface area contributed by atoms with Gasteiger partial charge in [0.1, 0.15) is 5.01 Å². The van der Waals surface area contributed by atoms with Crippen LogP contribution in [0.3, 0.4) is 0 Å². The largest absolute Gasteiger partial charge is 0.382 e. The van der Waals surface area contributed by atoms with Crippen LogP contribution in [0.4, 0.5) is 0 Å². The zero-order valence-electron chi connectivity index (χ0n) is 16.2. The summed E-state index contributed by atoms with van der Waals surface area (Å²) < 4.78 is 10.7. The SMILES string of the molecule is CN=C(NCc1nc(C(C)(C)C)cs1)N1CCC(COCCOC)C1. The lowest BCUT2D eigenvalue weighted by atomic mass is 9.93. The lowest BCUT2D eigenvalue weighted by Gasteiger charge is -2.21. The second-order valence-electron chi connectivity index (χ2n) is 7.45. The van der Waals surface area contributed by atoms with Gasteiger partial charge in [0.2, 0.25) is 0 Å². The van der Waals surface area contributed by atoms with Crippen LogP contribution in [0.1, 0.15) is 37.9 Å². The van der Waals surface area contributed by atoms with Crippen molar-refractivity contribution >= 4 is 17.3 Å². The summed E-state index contributed by atoms with van der Waals surface area (Å²) in [7, 11) is 3.54. The first kappa shape index (κ1) is 20.1. The first-order valence-electron chi connectivity index (χ1n) is 8.91. The van der Waals surface area contributed by atoms with Gasteiger partial charge in [-0.2, -0.15) is 0 Å². The molecule has 7 heteroatoms. The van der Waals surface area contributed by atoms with Crippen molar-refractivity contribution in [2.45, 2.75) is 39.2 Å². The molecule has 1 aromatic heterocycles. The van der Waals surface area contributed by atoms with Gasteiger partial charge in [0.25, 0.3) is 0 Å². The Morgan fingerprint density at radius 3 is 2.88 bits per heavy atom. The zero-order valence-corrected chi connectivity index (χ0v) is 17.0. The molecule has 2 rings (SSSR count). The Labute approximate surface area is 155 Å². The van der Waals surface area contributed by atoms with Gasteiger partial charge in [-0.3, -0.25) is 4.99 Å². The minimum Gasteiger partial charge on any atom is -0.382 e. The van der Waals surface area contributed by atoms with Gasteiger partial charge in [-0.25, -0.2) is 4.98 Å². The molecule has 1 unspecified atom stereocenters. The Morgan fingerprint density at radius 1 is 1.44 bits per heavy atom. The number of likely N-dealkylation sites (tertiary alicyclic amines) is 1. The van der Waals surface area contributed by atoms with Crippen molar-refractivity contribution in [3.63, 3.8) is 0 Å². The number of hydrogen-bond donors (Lipinski definition) is 1. The quantitative estimate of drug-likeness (QED) is 0.455. The van der Waals surface area contributed by atoms with Crippen LogP contribution in [0.5, 0.6) is 0 Å². The number of nitrogens with one attached hydrogen (secondary N) is 1. The van der Waals surface area contributed by atoms with E-state index in [1.807, 2.05) is 7.05 Å². The third-order valence-corrected chi connectivity index (χ3v) is 5.15. The summed E-state index contributed by atoms with van der Waals surface area (Å²) in [5, 5.41) is 6.71. The van der Waals surface area contributed by atoms with Gasteiger partial charge < -0.3 is 19.7 Å². The highest BCUT2D eigenvalue weighted by Crippen LogP contribution is 2.24. The second kappa shape index (κ2) is 9.50. The van der Waals surface area contributed by atoms with Crippen molar-refractivity contribution in [2.75, 3.05) is 47.1 Å². The molecule has 0 bridgehead atoms. The molecule has 0 aliphatic carbocycles. The van der Waals surface area contributed by atoms with Gasteiger partial charge in [-0.05, 0) is 6.42 Å². The summed E-state index contributed by atoms with van der Waals surface area (Å²) in [5.74, 6) is 1.51. The van der Waals surface area contributed by atoms with Crippen molar-refractivity contribution in [2.24, 2.45) is 10.9 Å². The van der Waals surface area contributed by atoms with Crippen molar-refractivity contribution in [1.82, 2.24) is 15.2 Å². The molecule has 0 aromatic carbocycles. The summed E-state index contributed by atoms with van der Waals surface area (Å²) in [4.78, 5) is 11.5. The first-order chi connectivity index (χ1) is 11.9. The van der Waals surface area contributed by atoms with Crippen molar-refractivity contribution in [3.05, 3.63) is 16.1 Å². The Bertz CT molecular complexity index is 554. The lowest BCUT2D eigenvalue weighted by Crippen LogP contribution is -2.39. The van der Waals surface area contributed by atoms with E-state index < -0.39 is 0 Å².